The predicted octanol–water partition coefficient (Wildman–Crippen LogP) is 3.82. The van der Waals surface area contributed by atoms with Gasteiger partial charge in [0.15, 0.2) is 0 Å². The van der Waals surface area contributed by atoms with Crippen molar-refractivity contribution in [1.82, 2.24) is 10.6 Å². The van der Waals surface area contributed by atoms with Gasteiger partial charge in [-0.3, -0.25) is 0 Å². The highest BCUT2D eigenvalue weighted by molar-refractivity contribution is 5.76. The average Bonchev–Trinajstić information content (AvgIpc) is 2.69. The minimum Gasteiger partial charge on any atom is -0.335 e. The molecule has 1 aliphatic carbocycles. The monoisotopic (exact) mass is 276 g/mol. The molecule has 1 saturated carbocycles. The molecular formula is C16H21FN2O. The molecule has 2 N–H and O–H groups in total. The van der Waals surface area contributed by atoms with Crippen molar-refractivity contribution < 1.29 is 9.18 Å². The number of urea groups is 1. The minimum atomic E-state index is -0.297. The highest BCUT2D eigenvalue weighted by Gasteiger charge is 2.13. The van der Waals surface area contributed by atoms with E-state index in [9.17, 15) is 9.18 Å². The van der Waals surface area contributed by atoms with E-state index >= 15 is 0 Å². The van der Waals surface area contributed by atoms with Crippen LogP contribution < -0.4 is 10.6 Å². The van der Waals surface area contributed by atoms with Crippen LogP contribution in [-0.4, -0.2) is 12.1 Å². The lowest BCUT2D eigenvalue weighted by atomic mass is 10.1. The molecule has 0 spiro atoms. The number of halogens is 1. The van der Waals surface area contributed by atoms with Gasteiger partial charge in [-0.05, 0) is 25.0 Å². The molecule has 1 fully saturated rings. The number of amides is 2. The fourth-order valence-electron chi connectivity index (χ4n) is 2.47. The Balaban J connectivity index is 1.78. The molecular weight excluding hydrogens is 255 g/mol. The fraction of sp³-hybridized carbons (Fsp3) is 0.438. The summed E-state index contributed by atoms with van der Waals surface area (Å²) in [5.41, 5.74) is 0.460. The normalized spacial score (nSPS) is 16.9. The minimum absolute atomic E-state index is 0.218. The molecule has 0 radical (unpaired) electrons. The van der Waals surface area contributed by atoms with Gasteiger partial charge in [-0.25, -0.2) is 9.18 Å². The van der Waals surface area contributed by atoms with Crippen molar-refractivity contribution in [3.05, 3.63) is 41.8 Å². The van der Waals surface area contributed by atoms with E-state index in [0.717, 1.165) is 12.8 Å². The van der Waals surface area contributed by atoms with Crippen molar-refractivity contribution in [1.29, 1.82) is 0 Å². The Kier molecular flexibility index (Phi) is 5.59. The summed E-state index contributed by atoms with van der Waals surface area (Å²) >= 11 is 0. The Morgan fingerprint density at radius 3 is 2.55 bits per heavy atom. The first kappa shape index (κ1) is 14.6. The van der Waals surface area contributed by atoms with Crippen molar-refractivity contribution in [3.63, 3.8) is 0 Å². The molecule has 1 aromatic rings. The Morgan fingerprint density at radius 1 is 1.15 bits per heavy atom. The summed E-state index contributed by atoms with van der Waals surface area (Å²) in [5, 5.41) is 5.59. The third kappa shape index (κ3) is 4.68. The summed E-state index contributed by atoms with van der Waals surface area (Å²) in [5.74, 6) is -0.297. The number of hydrogen-bond donors (Lipinski definition) is 2. The molecule has 1 aromatic carbocycles. The van der Waals surface area contributed by atoms with E-state index in [4.69, 9.17) is 0 Å². The van der Waals surface area contributed by atoms with Crippen LogP contribution in [0.5, 0.6) is 0 Å². The van der Waals surface area contributed by atoms with Crippen LogP contribution in [-0.2, 0) is 0 Å². The molecule has 4 heteroatoms. The summed E-state index contributed by atoms with van der Waals surface area (Å²) in [6, 6.07) is 6.50. The highest BCUT2D eigenvalue weighted by atomic mass is 19.1. The van der Waals surface area contributed by atoms with Crippen LogP contribution in [0.4, 0.5) is 9.18 Å². The molecule has 0 aliphatic heterocycles. The van der Waals surface area contributed by atoms with Crippen molar-refractivity contribution in [3.8, 4) is 0 Å². The topological polar surface area (TPSA) is 41.1 Å². The second-order valence-corrected chi connectivity index (χ2v) is 5.16. The zero-order valence-electron chi connectivity index (χ0n) is 11.6. The lowest BCUT2D eigenvalue weighted by molar-refractivity contribution is 0.239. The largest absolute Gasteiger partial charge is 0.335 e. The van der Waals surface area contributed by atoms with Crippen LogP contribution in [0.1, 0.15) is 44.1 Å². The maximum Gasteiger partial charge on any atom is 0.318 e. The molecule has 0 unspecified atom stereocenters. The Morgan fingerprint density at radius 2 is 1.85 bits per heavy atom. The summed E-state index contributed by atoms with van der Waals surface area (Å²) in [6.07, 6.45) is 9.99. The summed E-state index contributed by atoms with van der Waals surface area (Å²) in [6.45, 7) is 0. The molecule has 2 amide bonds. The van der Waals surface area contributed by atoms with Gasteiger partial charge in [0.25, 0.3) is 0 Å². The average molecular weight is 276 g/mol. The van der Waals surface area contributed by atoms with E-state index in [1.807, 2.05) is 0 Å². The number of nitrogens with one attached hydrogen (secondary N) is 2. The second-order valence-electron chi connectivity index (χ2n) is 5.16. The van der Waals surface area contributed by atoms with E-state index in [2.05, 4.69) is 10.6 Å². The number of carbonyl (C=O) groups is 1. The van der Waals surface area contributed by atoms with Gasteiger partial charge in [0.2, 0.25) is 0 Å². The standard InChI is InChI=1S/C16H21FN2O/c17-15-10-6-5-7-13(15)11-12-18-16(20)19-14-8-3-1-2-4-9-14/h5-7,10-12,14H,1-4,8-9H2,(H2,18,19,20)/b12-11+. The van der Waals surface area contributed by atoms with E-state index in [-0.39, 0.29) is 17.9 Å². The van der Waals surface area contributed by atoms with Crippen LogP contribution >= 0.6 is 0 Å². The van der Waals surface area contributed by atoms with Crippen LogP contribution in [0.2, 0.25) is 0 Å². The third-order valence-electron chi connectivity index (χ3n) is 3.57. The van der Waals surface area contributed by atoms with Crippen molar-refractivity contribution >= 4 is 12.1 Å². The zero-order valence-corrected chi connectivity index (χ0v) is 11.6. The second kappa shape index (κ2) is 7.68. The SMILES string of the molecule is O=C(N/C=C/c1ccccc1F)NC1CCCCCC1. The lowest BCUT2D eigenvalue weighted by Crippen LogP contribution is -2.39. The first-order valence-corrected chi connectivity index (χ1v) is 7.24. The van der Waals surface area contributed by atoms with Gasteiger partial charge in [-0.1, -0.05) is 43.9 Å². The Bertz CT molecular complexity index is 465. The van der Waals surface area contributed by atoms with Gasteiger partial charge in [0, 0.05) is 17.8 Å². The smallest absolute Gasteiger partial charge is 0.318 e. The van der Waals surface area contributed by atoms with Crippen molar-refractivity contribution in [2.45, 2.75) is 44.6 Å². The molecule has 3 nitrogen and oxygen atoms in total. The molecule has 2 rings (SSSR count). The molecule has 0 heterocycles. The summed E-state index contributed by atoms with van der Waals surface area (Å²) in [7, 11) is 0. The lowest BCUT2D eigenvalue weighted by Gasteiger charge is -2.15. The van der Waals surface area contributed by atoms with Gasteiger partial charge in [0.05, 0.1) is 0 Å². The maximum atomic E-state index is 13.4. The van der Waals surface area contributed by atoms with Crippen molar-refractivity contribution in [2.75, 3.05) is 0 Å². The predicted molar refractivity (Wildman–Crippen MR) is 78.6 cm³/mol. The molecule has 108 valence electrons. The molecule has 20 heavy (non-hydrogen) atoms. The number of rotatable bonds is 3. The number of hydrogen-bond acceptors (Lipinski definition) is 1. The van der Waals surface area contributed by atoms with E-state index in [1.54, 1.807) is 24.3 Å². The van der Waals surface area contributed by atoms with Gasteiger partial charge in [-0.2, -0.15) is 0 Å². The van der Waals surface area contributed by atoms with Gasteiger partial charge in [0.1, 0.15) is 5.82 Å². The van der Waals surface area contributed by atoms with Crippen molar-refractivity contribution in [2.24, 2.45) is 0 Å². The van der Waals surface area contributed by atoms with E-state index in [1.165, 1.54) is 37.9 Å². The number of carbonyl (C=O) groups excluding carboxylic acids is 1. The molecule has 1 aliphatic rings. The summed E-state index contributed by atoms with van der Waals surface area (Å²) < 4.78 is 13.4. The highest BCUT2D eigenvalue weighted by Crippen LogP contribution is 2.17. The third-order valence-corrected chi connectivity index (χ3v) is 3.57. The Hall–Kier alpha value is -1.84. The van der Waals surface area contributed by atoms with Crippen LogP contribution in [0.15, 0.2) is 30.5 Å². The van der Waals surface area contributed by atoms with E-state index < -0.39 is 0 Å². The number of benzene rings is 1. The molecule has 0 atom stereocenters. The fourth-order valence-corrected chi connectivity index (χ4v) is 2.47. The van der Waals surface area contributed by atoms with Gasteiger partial charge < -0.3 is 10.6 Å². The van der Waals surface area contributed by atoms with Gasteiger partial charge >= 0.3 is 6.03 Å². The van der Waals surface area contributed by atoms with Crippen LogP contribution in [0.3, 0.4) is 0 Å². The summed E-state index contributed by atoms with van der Waals surface area (Å²) in [4.78, 5) is 11.7. The van der Waals surface area contributed by atoms with E-state index in [0.29, 0.717) is 5.56 Å². The molecule has 0 aromatic heterocycles. The first-order chi connectivity index (χ1) is 9.75. The Labute approximate surface area is 119 Å². The maximum absolute atomic E-state index is 13.4. The molecule has 0 saturated heterocycles. The van der Waals surface area contributed by atoms with Crippen LogP contribution in [0, 0.1) is 5.82 Å². The quantitative estimate of drug-likeness (QED) is 0.810. The van der Waals surface area contributed by atoms with Gasteiger partial charge in [-0.15, -0.1) is 0 Å². The zero-order chi connectivity index (χ0) is 14.2. The first-order valence-electron chi connectivity index (χ1n) is 7.24. The molecule has 0 bridgehead atoms. The van der Waals surface area contributed by atoms with Crippen LogP contribution in [0.25, 0.3) is 6.08 Å².